The molecule has 0 amide bonds. The van der Waals surface area contributed by atoms with Gasteiger partial charge in [0, 0.05) is 17.8 Å². The van der Waals surface area contributed by atoms with Gasteiger partial charge in [0.05, 0.1) is 5.52 Å². The molecule has 0 spiro atoms. The molecule has 1 aromatic heterocycles. The summed E-state index contributed by atoms with van der Waals surface area (Å²) in [4.78, 5) is 21.0. The van der Waals surface area contributed by atoms with Gasteiger partial charge in [-0.25, -0.2) is 9.97 Å². The number of para-hydroxylation sites is 1. The van der Waals surface area contributed by atoms with Crippen LogP contribution in [0.2, 0.25) is 0 Å². The average molecular weight is 315 g/mol. The number of nitrogens with one attached hydrogen (secondary N) is 1. The van der Waals surface area contributed by atoms with Crippen LogP contribution in [0.5, 0.6) is 0 Å². The standard InChI is InChI=1S/C16H17N3O2S/c1-9-8-13(15(20)21-9)22-16-18-12-5-3-2-4-11(12)14(19-16)17-10-6-7-10/h2-5,9-10,13H,6-8H2,1H3,(H,17,18,19)/t9-,13-/m1/s1. The molecule has 5 nitrogen and oxygen atoms in total. The molecule has 0 unspecified atom stereocenters. The lowest BCUT2D eigenvalue weighted by Gasteiger charge is -2.11. The van der Waals surface area contributed by atoms with E-state index < -0.39 is 0 Å². The van der Waals surface area contributed by atoms with Gasteiger partial charge in [0.25, 0.3) is 0 Å². The van der Waals surface area contributed by atoms with Crippen LogP contribution in [-0.2, 0) is 9.53 Å². The number of nitrogens with zero attached hydrogens (tertiary/aromatic N) is 2. The number of carbonyl (C=O) groups excluding carboxylic acids is 1. The second-order valence-corrected chi connectivity index (χ2v) is 7.05. The Labute approximate surface area is 132 Å². The van der Waals surface area contributed by atoms with Crippen LogP contribution < -0.4 is 5.32 Å². The van der Waals surface area contributed by atoms with E-state index in [1.165, 1.54) is 24.6 Å². The Morgan fingerprint density at radius 2 is 2.09 bits per heavy atom. The number of ether oxygens (including phenoxy) is 1. The molecule has 1 aliphatic heterocycles. The highest BCUT2D eigenvalue weighted by atomic mass is 32.2. The zero-order chi connectivity index (χ0) is 15.1. The molecule has 1 aromatic carbocycles. The second-order valence-electron chi connectivity index (χ2n) is 5.88. The van der Waals surface area contributed by atoms with Crippen molar-refractivity contribution in [3.8, 4) is 0 Å². The van der Waals surface area contributed by atoms with Gasteiger partial charge in [-0.05, 0) is 31.9 Å². The topological polar surface area (TPSA) is 64.1 Å². The van der Waals surface area contributed by atoms with Gasteiger partial charge in [-0.1, -0.05) is 23.9 Å². The van der Waals surface area contributed by atoms with Gasteiger partial charge in [-0.3, -0.25) is 4.79 Å². The van der Waals surface area contributed by atoms with Crippen molar-refractivity contribution in [1.82, 2.24) is 9.97 Å². The normalized spacial score (nSPS) is 24.5. The Balaban J connectivity index is 1.66. The maximum atomic E-state index is 11.8. The van der Waals surface area contributed by atoms with Crippen molar-refractivity contribution in [2.24, 2.45) is 0 Å². The van der Waals surface area contributed by atoms with Crippen molar-refractivity contribution in [2.45, 2.75) is 48.7 Å². The van der Waals surface area contributed by atoms with E-state index >= 15 is 0 Å². The van der Waals surface area contributed by atoms with E-state index in [1.54, 1.807) is 0 Å². The molecule has 22 heavy (non-hydrogen) atoms. The van der Waals surface area contributed by atoms with E-state index in [-0.39, 0.29) is 17.3 Å². The molecule has 114 valence electrons. The van der Waals surface area contributed by atoms with E-state index in [1.807, 2.05) is 31.2 Å². The summed E-state index contributed by atoms with van der Waals surface area (Å²) in [5, 5.41) is 4.93. The molecular weight excluding hydrogens is 298 g/mol. The lowest BCUT2D eigenvalue weighted by molar-refractivity contribution is -0.140. The number of benzene rings is 1. The Kier molecular flexibility index (Phi) is 3.41. The minimum Gasteiger partial charge on any atom is -0.462 e. The fourth-order valence-electron chi connectivity index (χ4n) is 2.58. The Morgan fingerprint density at radius 1 is 1.27 bits per heavy atom. The number of rotatable bonds is 4. The number of cyclic esters (lactones) is 1. The molecule has 1 aliphatic carbocycles. The van der Waals surface area contributed by atoms with Crippen LogP contribution in [-0.4, -0.2) is 33.3 Å². The third-order valence-electron chi connectivity index (χ3n) is 3.87. The molecule has 1 saturated carbocycles. The van der Waals surface area contributed by atoms with Crippen LogP contribution in [0.25, 0.3) is 10.9 Å². The molecule has 0 radical (unpaired) electrons. The summed E-state index contributed by atoms with van der Waals surface area (Å²) in [6.45, 7) is 1.92. The van der Waals surface area contributed by atoms with Gasteiger partial charge >= 0.3 is 5.97 Å². The average Bonchev–Trinajstić information content (AvgIpc) is 3.25. The molecule has 2 heterocycles. The number of aromatic nitrogens is 2. The summed E-state index contributed by atoms with van der Waals surface area (Å²) < 4.78 is 5.21. The van der Waals surface area contributed by atoms with Gasteiger partial charge in [-0.2, -0.15) is 0 Å². The van der Waals surface area contributed by atoms with Crippen molar-refractivity contribution in [2.75, 3.05) is 5.32 Å². The molecule has 0 bridgehead atoms. The first-order valence-electron chi connectivity index (χ1n) is 7.59. The maximum Gasteiger partial charge on any atom is 0.319 e. The van der Waals surface area contributed by atoms with Crippen LogP contribution >= 0.6 is 11.8 Å². The number of anilines is 1. The van der Waals surface area contributed by atoms with Crippen molar-refractivity contribution in [3.63, 3.8) is 0 Å². The fourth-order valence-corrected chi connectivity index (χ4v) is 3.65. The number of esters is 1. The fraction of sp³-hybridized carbons (Fsp3) is 0.438. The van der Waals surface area contributed by atoms with E-state index in [0.717, 1.165) is 16.7 Å². The molecule has 2 aromatic rings. The Bertz CT molecular complexity index is 732. The number of thioether (sulfide) groups is 1. The quantitative estimate of drug-likeness (QED) is 0.691. The van der Waals surface area contributed by atoms with Crippen molar-refractivity contribution in [1.29, 1.82) is 0 Å². The third kappa shape index (κ3) is 2.75. The van der Waals surface area contributed by atoms with E-state index in [2.05, 4.69) is 15.3 Å². The Morgan fingerprint density at radius 3 is 2.82 bits per heavy atom. The third-order valence-corrected chi connectivity index (χ3v) is 4.94. The first kappa shape index (κ1) is 13.8. The minimum atomic E-state index is -0.204. The van der Waals surface area contributed by atoms with E-state index in [0.29, 0.717) is 17.6 Å². The smallest absolute Gasteiger partial charge is 0.319 e. The SMILES string of the molecule is C[C@@H]1C[C@@H](Sc2nc(NC3CC3)c3ccccc3n2)C(=O)O1. The molecule has 2 aliphatic rings. The van der Waals surface area contributed by atoms with Crippen LogP contribution in [0.15, 0.2) is 29.4 Å². The van der Waals surface area contributed by atoms with Crippen LogP contribution in [0.3, 0.4) is 0 Å². The van der Waals surface area contributed by atoms with Crippen molar-refractivity contribution in [3.05, 3.63) is 24.3 Å². The van der Waals surface area contributed by atoms with Gasteiger partial charge in [0.15, 0.2) is 5.16 Å². The first-order chi connectivity index (χ1) is 10.7. The predicted molar refractivity (Wildman–Crippen MR) is 86.0 cm³/mol. The van der Waals surface area contributed by atoms with E-state index in [9.17, 15) is 4.79 Å². The first-order valence-corrected chi connectivity index (χ1v) is 8.47. The monoisotopic (exact) mass is 315 g/mol. The molecule has 1 N–H and O–H groups in total. The van der Waals surface area contributed by atoms with Crippen molar-refractivity contribution >= 4 is 34.5 Å². The van der Waals surface area contributed by atoms with Crippen LogP contribution in [0.4, 0.5) is 5.82 Å². The number of fused-ring (bicyclic) bond motifs is 1. The van der Waals surface area contributed by atoms with Gasteiger partial charge in [0.2, 0.25) is 0 Å². The highest BCUT2D eigenvalue weighted by molar-refractivity contribution is 8.00. The highest BCUT2D eigenvalue weighted by Gasteiger charge is 2.33. The van der Waals surface area contributed by atoms with Gasteiger partial charge in [-0.15, -0.1) is 0 Å². The summed E-state index contributed by atoms with van der Waals surface area (Å²) in [6.07, 6.45) is 3.07. The molecule has 1 saturated heterocycles. The lowest BCUT2D eigenvalue weighted by atomic mass is 10.2. The molecule has 4 rings (SSSR count). The summed E-state index contributed by atoms with van der Waals surface area (Å²) in [7, 11) is 0. The molecular formula is C16H17N3O2S. The van der Waals surface area contributed by atoms with E-state index in [4.69, 9.17) is 4.74 Å². The summed E-state index contributed by atoms with van der Waals surface area (Å²) in [6, 6.07) is 8.49. The summed E-state index contributed by atoms with van der Waals surface area (Å²) in [5.74, 6) is 0.709. The largest absolute Gasteiger partial charge is 0.462 e. The molecule has 2 atom stereocenters. The van der Waals surface area contributed by atoms with Gasteiger partial charge < -0.3 is 10.1 Å². The molecule has 6 heteroatoms. The molecule has 2 fully saturated rings. The predicted octanol–water partition coefficient (Wildman–Crippen LogP) is 3.00. The number of hydrogen-bond acceptors (Lipinski definition) is 6. The maximum absolute atomic E-state index is 11.8. The number of hydrogen-bond donors (Lipinski definition) is 1. The number of carbonyl (C=O) groups is 1. The summed E-state index contributed by atoms with van der Waals surface area (Å²) >= 11 is 1.40. The lowest BCUT2D eigenvalue weighted by Crippen LogP contribution is -2.11. The zero-order valence-corrected chi connectivity index (χ0v) is 13.1. The van der Waals surface area contributed by atoms with Gasteiger partial charge in [0.1, 0.15) is 17.2 Å². The minimum absolute atomic E-state index is 0.0190. The highest BCUT2D eigenvalue weighted by Crippen LogP contribution is 2.34. The van der Waals surface area contributed by atoms with Crippen molar-refractivity contribution < 1.29 is 9.53 Å². The summed E-state index contributed by atoms with van der Waals surface area (Å²) in [5.41, 5.74) is 0.905. The Hall–Kier alpha value is -1.82. The zero-order valence-electron chi connectivity index (χ0n) is 12.3. The second kappa shape index (κ2) is 5.43. The van der Waals surface area contributed by atoms with Crippen LogP contribution in [0.1, 0.15) is 26.2 Å². The van der Waals surface area contributed by atoms with Crippen LogP contribution in [0, 0.1) is 0 Å².